The monoisotopic (exact) mass is 452 g/mol. The second-order valence-electron chi connectivity index (χ2n) is 7.48. The van der Waals surface area contributed by atoms with E-state index in [-0.39, 0.29) is 24.5 Å². The van der Waals surface area contributed by atoms with Crippen molar-refractivity contribution in [1.82, 2.24) is 9.97 Å². The highest BCUT2D eigenvalue weighted by Crippen LogP contribution is 2.44. The van der Waals surface area contributed by atoms with Crippen molar-refractivity contribution in [1.29, 1.82) is 0 Å². The van der Waals surface area contributed by atoms with Crippen LogP contribution in [0.1, 0.15) is 42.7 Å². The Kier molecular flexibility index (Phi) is 7.85. The Morgan fingerprint density at radius 1 is 1.19 bits per heavy atom. The zero-order valence-electron chi connectivity index (χ0n) is 18.2. The minimum absolute atomic E-state index is 0.159. The van der Waals surface area contributed by atoms with Crippen molar-refractivity contribution in [3.63, 3.8) is 0 Å². The molecule has 0 radical (unpaired) electrons. The van der Waals surface area contributed by atoms with Crippen LogP contribution in [0.15, 0.2) is 18.2 Å². The van der Waals surface area contributed by atoms with Crippen LogP contribution in [0.2, 0.25) is 0 Å². The molecule has 1 aromatic carbocycles. The summed E-state index contributed by atoms with van der Waals surface area (Å²) in [5.41, 5.74) is 4.11. The molecule has 3 heterocycles. The van der Waals surface area contributed by atoms with E-state index in [4.69, 9.17) is 9.88 Å². The fourth-order valence-corrected chi connectivity index (χ4v) is 3.93. The van der Waals surface area contributed by atoms with Crippen molar-refractivity contribution < 1.29 is 18.6 Å². The van der Waals surface area contributed by atoms with Crippen molar-refractivity contribution in [2.75, 3.05) is 30.9 Å². The molecule has 0 unspecified atom stereocenters. The highest BCUT2D eigenvalue weighted by atomic mass is 32.2. The number of nitrogens with two attached hydrogens (primary N) is 1. The number of hydrogen-bond donors (Lipinski definition) is 2. The molecule has 1 saturated heterocycles. The van der Waals surface area contributed by atoms with E-state index in [1.165, 1.54) is 17.5 Å². The largest absolute Gasteiger partial charge is 0.389 e. The van der Waals surface area contributed by atoms with Crippen molar-refractivity contribution >= 4 is 17.9 Å². The first-order chi connectivity index (χ1) is 14.9. The number of benzene rings is 1. The first-order valence-corrected chi connectivity index (χ1v) is 11.9. The Morgan fingerprint density at radius 2 is 1.90 bits per heavy atom. The van der Waals surface area contributed by atoms with Gasteiger partial charge in [0.05, 0.1) is 25.0 Å². The molecule has 31 heavy (non-hydrogen) atoms. The maximum atomic E-state index is 14.4. The fourth-order valence-electron chi connectivity index (χ4n) is 3.93. The lowest BCUT2D eigenvalue weighted by Gasteiger charge is -2.36. The summed E-state index contributed by atoms with van der Waals surface area (Å²) in [4.78, 5) is 10.5. The second kappa shape index (κ2) is 10.2. The Labute approximate surface area is 186 Å². The number of β-amino-alcohol motifs (C(OH)–C–C–N with tert-alkyl or cyclic N) is 1. The van der Waals surface area contributed by atoms with Gasteiger partial charge < -0.3 is 14.7 Å². The van der Waals surface area contributed by atoms with E-state index < -0.39 is 12.0 Å². The molecule has 9 heteroatoms. The van der Waals surface area contributed by atoms with Crippen molar-refractivity contribution in [3.05, 3.63) is 40.6 Å². The summed E-state index contributed by atoms with van der Waals surface area (Å²) in [7, 11) is 0. The van der Waals surface area contributed by atoms with Crippen LogP contribution in [0.25, 0.3) is 11.3 Å². The predicted molar refractivity (Wildman–Crippen MR) is 120 cm³/mol. The number of nitrogens with zero attached hydrogens (tertiary/aromatic N) is 3. The third-order valence-electron chi connectivity index (χ3n) is 5.43. The van der Waals surface area contributed by atoms with Gasteiger partial charge in [0.2, 0.25) is 5.95 Å². The summed E-state index contributed by atoms with van der Waals surface area (Å²) in [5.74, 6) is -2.65. The van der Waals surface area contributed by atoms with E-state index in [1.807, 2.05) is 38.3 Å². The van der Waals surface area contributed by atoms with Gasteiger partial charge in [-0.15, -0.1) is 0 Å². The van der Waals surface area contributed by atoms with Gasteiger partial charge in [0, 0.05) is 30.6 Å². The number of rotatable bonds is 2. The van der Waals surface area contributed by atoms with E-state index in [1.54, 1.807) is 4.90 Å². The number of fused-ring (bicyclic) bond motifs is 2. The van der Waals surface area contributed by atoms with E-state index in [9.17, 15) is 13.9 Å². The van der Waals surface area contributed by atoms with Crippen molar-refractivity contribution in [3.8, 4) is 11.3 Å². The van der Waals surface area contributed by atoms with Crippen LogP contribution in [0, 0.1) is 0 Å². The summed E-state index contributed by atoms with van der Waals surface area (Å²) in [6, 6.07) is 6.00. The van der Waals surface area contributed by atoms with Gasteiger partial charge in [-0.25, -0.2) is 9.97 Å². The lowest BCUT2D eigenvalue weighted by molar-refractivity contribution is -0.00596. The lowest BCUT2D eigenvalue weighted by atomic mass is 9.97. The van der Waals surface area contributed by atoms with Crippen LogP contribution in [-0.4, -0.2) is 47.1 Å². The van der Waals surface area contributed by atoms with Gasteiger partial charge in [-0.3, -0.25) is 5.14 Å². The van der Waals surface area contributed by atoms with Crippen LogP contribution in [0.3, 0.4) is 0 Å². The molecule has 0 bridgehead atoms. The summed E-state index contributed by atoms with van der Waals surface area (Å²) >= 11 is 1.25. The van der Waals surface area contributed by atoms with E-state index >= 15 is 0 Å². The lowest BCUT2D eigenvalue weighted by Crippen LogP contribution is -2.51. The smallest absolute Gasteiger partial charge is 0.290 e. The summed E-state index contributed by atoms with van der Waals surface area (Å²) < 4.78 is 34.3. The molecular formula is C22H30F2N4O2S. The molecule has 170 valence electrons. The Morgan fingerprint density at radius 3 is 2.58 bits per heavy atom. The highest BCUT2D eigenvalue weighted by Gasteiger charge is 2.44. The standard InChI is InChI=1S/C19H19F2N3O2.C2H6.CH5NS/c20-19(21)5-3-15-16(12-2-1-11-4-6-26-10-13(11)7-12)22-18(23-17(15)19)24-8-14(25)9-24;1-2;1-3-2/h1-2,7,14,25H,3-6,8-10H2;1-2H3;2H2,1H3. The Balaban J connectivity index is 0.000000504. The third-order valence-corrected chi connectivity index (χ3v) is 5.43. The van der Waals surface area contributed by atoms with E-state index in [2.05, 4.69) is 9.97 Å². The van der Waals surface area contributed by atoms with Crippen molar-refractivity contribution in [2.45, 2.75) is 51.7 Å². The summed E-state index contributed by atoms with van der Waals surface area (Å²) in [6.45, 7) is 6.00. The molecule has 1 aromatic heterocycles. The number of aliphatic hydroxyl groups excluding tert-OH is 1. The number of hydrogen-bond acceptors (Lipinski definition) is 7. The molecule has 2 aliphatic heterocycles. The van der Waals surface area contributed by atoms with Gasteiger partial charge in [0.25, 0.3) is 5.92 Å². The van der Waals surface area contributed by atoms with Crippen molar-refractivity contribution in [2.24, 2.45) is 5.14 Å². The van der Waals surface area contributed by atoms with Crippen LogP contribution < -0.4 is 10.0 Å². The van der Waals surface area contributed by atoms with Gasteiger partial charge in [-0.05, 0) is 36.3 Å². The average molecular weight is 453 g/mol. The summed E-state index contributed by atoms with van der Waals surface area (Å²) in [5, 5.41) is 14.3. The van der Waals surface area contributed by atoms with Gasteiger partial charge in [0.1, 0.15) is 5.69 Å². The number of aromatic nitrogens is 2. The van der Waals surface area contributed by atoms with Gasteiger partial charge in [0.15, 0.2) is 0 Å². The van der Waals surface area contributed by atoms with Crippen LogP contribution in [0.4, 0.5) is 14.7 Å². The summed E-state index contributed by atoms with van der Waals surface area (Å²) in [6.07, 6.45) is 2.28. The van der Waals surface area contributed by atoms with Crippen LogP contribution in [-0.2, 0) is 30.1 Å². The first kappa shape index (κ1) is 23.8. The maximum absolute atomic E-state index is 14.4. The number of alkyl halides is 2. The maximum Gasteiger partial charge on any atom is 0.290 e. The molecule has 1 aliphatic carbocycles. The average Bonchev–Trinajstić information content (AvgIpc) is 3.07. The zero-order valence-corrected chi connectivity index (χ0v) is 19.0. The van der Waals surface area contributed by atoms with Crippen LogP contribution >= 0.6 is 11.9 Å². The van der Waals surface area contributed by atoms with E-state index in [0.29, 0.717) is 37.6 Å². The van der Waals surface area contributed by atoms with E-state index in [0.717, 1.165) is 17.5 Å². The van der Waals surface area contributed by atoms with Gasteiger partial charge in [-0.1, -0.05) is 37.9 Å². The highest BCUT2D eigenvalue weighted by molar-refractivity contribution is 7.96. The number of halogens is 2. The molecular weight excluding hydrogens is 422 g/mol. The number of anilines is 1. The molecule has 0 amide bonds. The predicted octanol–water partition coefficient (Wildman–Crippen LogP) is 3.68. The van der Waals surface area contributed by atoms with Gasteiger partial charge in [-0.2, -0.15) is 8.78 Å². The molecule has 1 fully saturated rings. The quantitative estimate of drug-likeness (QED) is 0.673. The minimum Gasteiger partial charge on any atom is -0.389 e. The third kappa shape index (κ3) is 5.00. The fraction of sp³-hybridized carbons (Fsp3) is 0.545. The molecule has 2 aromatic rings. The number of ether oxygens (including phenoxy) is 1. The molecule has 6 nitrogen and oxygen atoms in total. The molecule has 0 spiro atoms. The minimum atomic E-state index is -2.93. The van der Waals surface area contributed by atoms with Crippen LogP contribution in [0.5, 0.6) is 0 Å². The molecule has 0 saturated carbocycles. The first-order valence-electron chi connectivity index (χ1n) is 10.6. The van der Waals surface area contributed by atoms with Gasteiger partial charge >= 0.3 is 0 Å². The molecule has 0 atom stereocenters. The Hall–Kier alpha value is -1.81. The molecule has 5 rings (SSSR count). The Bertz CT molecular complexity index is 907. The molecule has 3 aliphatic rings. The topological polar surface area (TPSA) is 84.5 Å². The molecule has 3 N–H and O–H groups in total. The normalized spacial score (nSPS) is 18.6. The number of aliphatic hydroxyl groups is 1. The zero-order chi connectivity index (χ0) is 22.6. The SMILES string of the molecule is CC.CSN.OC1CN(c2nc(-c3ccc4c(c3)COCC4)c3c(n2)C(F)(F)CC3)C1. The second-order valence-corrected chi connectivity index (χ2v) is 7.96.